The van der Waals surface area contributed by atoms with Gasteiger partial charge in [-0.15, -0.1) is 12.6 Å². The van der Waals surface area contributed by atoms with Crippen molar-refractivity contribution in [1.29, 1.82) is 0 Å². The number of hydrogen-bond acceptors (Lipinski definition) is 3. The number of H-pyrrole nitrogens is 1. The van der Waals surface area contributed by atoms with Crippen LogP contribution in [0.25, 0.3) is 10.9 Å². The van der Waals surface area contributed by atoms with E-state index >= 15 is 0 Å². The molecule has 2 aromatic rings. The van der Waals surface area contributed by atoms with Gasteiger partial charge in [0.15, 0.2) is 0 Å². The van der Waals surface area contributed by atoms with E-state index in [1.807, 2.05) is 6.07 Å². The molecule has 0 saturated heterocycles. The van der Waals surface area contributed by atoms with Gasteiger partial charge in [-0.05, 0) is 12.1 Å². The number of halogens is 1. The summed E-state index contributed by atoms with van der Waals surface area (Å²) in [6, 6.07) is 3.61. The fourth-order valence-electron chi connectivity index (χ4n) is 1.49. The van der Waals surface area contributed by atoms with Crippen molar-refractivity contribution in [2.45, 2.75) is 4.90 Å². The number of benzene rings is 1. The molecule has 0 bridgehead atoms. The van der Waals surface area contributed by atoms with Crippen LogP contribution in [0, 0.1) is 0 Å². The summed E-state index contributed by atoms with van der Waals surface area (Å²) >= 11 is 7.62. The van der Waals surface area contributed by atoms with Gasteiger partial charge in [-0.25, -0.2) is 4.79 Å². The van der Waals surface area contributed by atoms with Crippen LogP contribution in [0.4, 0.5) is 0 Å². The Hall–Kier alpha value is -0.940. The molecule has 0 amide bonds. The second-order valence-corrected chi connectivity index (χ2v) is 4.44. The fraction of sp³-hybridized carbons (Fsp3) is 0.100. The van der Waals surface area contributed by atoms with Crippen molar-refractivity contribution < 1.29 is 9.53 Å². The standard InChI is InChI=1S/C10H8BrNO2S/c1-14-10(13)6-2-5(11)3-7-9(6)8(15)4-12-7/h2-4,12,15H,1H3. The highest BCUT2D eigenvalue weighted by Gasteiger charge is 2.14. The Morgan fingerprint density at radius 2 is 2.27 bits per heavy atom. The molecule has 0 fully saturated rings. The van der Waals surface area contributed by atoms with Crippen LogP contribution in [-0.4, -0.2) is 18.1 Å². The number of fused-ring (bicyclic) bond motifs is 1. The van der Waals surface area contributed by atoms with Gasteiger partial charge in [-0.3, -0.25) is 0 Å². The van der Waals surface area contributed by atoms with Crippen LogP contribution < -0.4 is 0 Å². The Morgan fingerprint density at radius 1 is 1.53 bits per heavy atom. The van der Waals surface area contributed by atoms with Crippen molar-refractivity contribution >= 4 is 45.4 Å². The smallest absolute Gasteiger partial charge is 0.338 e. The second-order valence-electron chi connectivity index (χ2n) is 3.04. The van der Waals surface area contributed by atoms with E-state index in [-0.39, 0.29) is 5.97 Å². The Balaban J connectivity index is 2.80. The molecule has 0 saturated carbocycles. The van der Waals surface area contributed by atoms with E-state index in [2.05, 4.69) is 33.5 Å². The quantitative estimate of drug-likeness (QED) is 0.625. The lowest BCUT2D eigenvalue weighted by Crippen LogP contribution is -2.01. The van der Waals surface area contributed by atoms with Crippen molar-refractivity contribution in [2.24, 2.45) is 0 Å². The van der Waals surface area contributed by atoms with Gasteiger partial charge in [0.1, 0.15) is 0 Å². The zero-order valence-electron chi connectivity index (χ0n) is 7.87. The molecule has 2 rings (SSSR count). The molecule has 0 spiro atoms. The maximum Gasteiger partial charge on any atom is 0.338 e. The number of nitrogens with one attached hydrogen (secondary N) is 1. The molecule has 1 N–H and O–H groups in total. The molecule has 78 valence electrons. The third-order valence-corrected chi connectivity index (χ3v) is 2.94. The van der Waals surface area contributed by atoms with Gasteiger partial charge in [0.05, 0.1) is 12.7 Å². The number of carbonyl (C=O) groups is 1. The minimum Gasteiger partial charge on any atom is -0.465 e. The average molecular weight is 286 g/mol. The van der Waals surface area contributed by atoms with Gasteiger partial charge in [-0.2, -0.15) is 0 Å². The predicted octanol–water partition coefficient (Wildman–Crippen LogP) is 3.01. The summed E-state index contributed by atoms with van der Waals surface area (Å²) in [6.07, 6.45) is 1.74. The minimum atomic E-state index is -0.365. The third-order valence-electron chi connectivity index (χ3n) is 2.13. The molecule has 0 atom stereocenters. The van der Waals surface area contributed by atoms with Gasteiger partial charge < -0.3 is 9.72 Å². The summed E-state index contributed by atoms with van der Waals surface area (Å²) in [5.74, 6) is -0.365. The molecule has 1 aromatic carbocycles. The number of aromatic nitrogens is 1. The van der Waals surface area contributed by atoms with Crippen LogP contribution in [-0.2, 0) is 4.74 Å². The number of ether oxygens (including phenoxy) is 1. The lowest BCUT2D eigenvalue weighted by atomic mass is 10.1. The van der Waals surface area contributed by atoms with Crippen molar-refractivity contribution in [3.8, 4) is 0 Å². The molecular weight excluding hydrogens is 278 g/mol. The summed E-state index contributed by atoms with van der Waals surface area (Å²) in [7, 11) is 1.36. The van der Waals surface area contributed by atoms with Crippen LogP contribution in [0.1, 0.15) is 10.4 Å². The van der Waals surface area contributed by atoms with Gasteiger partial charge >= 0.3 is 5.97 Å². The Bertz CT molecular complexity index is 535. The third kappa shape index (κ3) is 1.77. The van der Waals surface area contributed by atoms with Crippen molar-refractivity contribution in [3.05, 3.63) is 28.4 Å². The Labute approximate surface area is 100 Å². The molecule has 3 nitrogen and oxygen atoms in total. The van der Waals surface area contributed by atoms with Crippen molar-refractivity contribution in [1.82, 2.24) is 4.98 Å². The van der Waals surface area contributed by atoms with Crippen LogP contribution in [0.3, 0.4) is 0 Å². The van der Waals surface area contributed by atoms with E-state index in [4.69, 9.17) is 4.74 Å². The first kappa shape index (κ1) is 10.6. The van der Waals surface area contributed by atoms with Gasteiger partial charge in [-0.1, -0.05) is 15.9 Å². The molecule has 5 heteroatoms. The first-order valence-corrected chi connectivity index (χ1v) is 5.45. The largest absolute Gasteiger partial charge is 0.465 e. The number of carbonyl (C=O) groups excluding carboxylic acids is 1. The average Bonchev–Trinajstić information content (AvgIpc) is 2.58. The van der Waals surface area contributed by atoms with E-state index in [9.17, 15) is 4.79 Å². The molecular formula is C10H8BrNO2S. The predicted molar refractivity (Wildman–Crippen MR) is 64.6 cm³/mol. The van der Waals surface area contributed by atoms with Crippen LogP contribution in [0.5, 0.6) is 0 Å². The Kier molecular flexibility index (Phi) is 2.75. The SMILES string of the molecule is COC(=O)c1cc(Br)cc2[nH]cc(S)c12. The number of thiol groups is 1. The lowest BCUT2D eigenvalue weighted by Gasteiger charge is -2.03. The highest BCUT2D eigenvalue weighted by Crippen LogP contribution is 2.29. The molecule has 1 heterocycles. The highest BCUT2D eigenvalue weighted by molar-refractivity contribution is 9.10. The number of aromatic amines is 1. The lowest BCUT2D eigenvalue weighted by molar-refractivity contribution is 0.0603. The minimum absolute atomic E-state index is 0.365. The Morgan fingerprint density at radius 3 is 2.93 bits per heavy atom. The van der Waals surface area contributed by atoms with E-state index in [0.717, 1.165) is 20.3 Å². The first-order valence-electron chi connectivity index (χ1n) is 4.21. The van der Waals surface area contributed by atoms with Crippen molar-refractivity contribution in [3.63, 3.8) is 0 Å². The monoisotopic (exact) mass is 285 g/mol. The van der Waals surface area contributed by atoms with Gasteiger partial charge in [0, 0.05) is 26.5 Å². The molecule has 0 aliphatic carbocycles. The number of esters is 1. The van der Waals surface area contributed by atoms with Crippen LogP contribution >= 0.6 is 28.6 Å². The summed E-state index contributed by atoms with van der Waals surface area (Å²) in [5.41, 5.74) is 1.36. The van der Waals surface area contributed by atoms with E-state index in [0.29, 0.717) is 5.56 Å². The summed E-state index contributed by atoms with van der Waals surface area (Å²) in [5, 5.41) is 0.786. The normalized spacial score (nSPS) is 10.6. The first-order chi connectivity index (χ1) is 7.13. The van der Waals surface area contributed by atoms with E-state index in [1.54, 1.807) is 12.3 Å². The number of methoxy groups -OCH3 is 1. The molecule has 0 aliphatic heterocycles. The van der Waals surface area contributed by atoms with E-state index < -0.39 is 0 Å². The van der Waals surface area contributed by atoms with Crippen LogP contribution in [0.15, 0.2) is 27.7 Å². The molecule has 0 aliphatic rings. The van der Waals surface area contributed by atoms with Crippen LogP contribution in [0.2, 0.25) is 0 Å². The number of rotatable bonds is 1. The van der Waals surface area contributed by atoms with Gasteiger partial charge in [0.2, 0.25) is 0 Å². The topological polar surface area (TPSA) is 42.1 Å². The van der Waals surface area contributed by atoms with E-state index in [1.165, 1.54) is 7.11 Å². The summed E-state index contributed by atoms with van der Waals surface area (Å²) < 4.78 is 5.54. The summed E-state index contributed by atoms with van der Waals surface area (Å²) in [4.78, 5) is 15.3. The second kappa shape index (κ2) is 3.90. The number of hydrogen-bond donors (Lipinski definition) is 2. The molecule has 0 unspecified atom stereocenters. The molecule has 1 aromatic heterocycles. The zero-order chi connectivity index (χ0) is 11.0. The molecule has 15 heavy (non-hydrogen) atoms. The maximum atomic E-state index is 11.5. The zero-order valence-corrected chi connectivity index (χ0v) is 10.4. The van der Waals surface area contributed by atoms with Crippen molar-refractivity contribution in [2.75, 3.05) is 7.11 Å². The summed E-state index contributed by atoms with van der Waals surface area (Å²) in [6.45, 7) is 0. The molecule has 0 radical (unpaired) electrons. The fourth-order valence-corrected chi connectivity index (χ4v) is 2.25. The highest BCUT2D eigenvalue weighted by atomic mass is 79.9. The maximum absolute atomic E-state index is 11.5. The van der Waals surface area contributed by atoms with Gasteiger partial charge in [0.25, 0.3) is 0 Å².